The van der Waals surface area contributed by atoms with Gasteiger partial charge in [0.15, 0.2) is 0 Å². The fourth-order valence-electron chi connectivity index (χ4n) is 3.49. The van der Waals surface area contributed by atoms with E-state index < -0.39 is 11.6 Å². The van der Waals surface area contributed by atoms with E-state index in [0.29, 0.717) is 18.0 Å². The van der Waals surface area contributed by atoms with Crippen molar-refractivity contribution >= 4 is 0 Å². The standard InChI is InChI=1S/C20H20F2N4/c1-14-9-24-20(16-4-6-23-7-5-16)26(14)12-15-10-25(11-15)13-17-2-3-18(21)8-19(17)22/h2-9,15H,10-13H2,1H3. The van der Waals surface area contributed by atoms with Crippen molar-refractivity contribution in [2.45, 2.75) is 20.0 Å². The predicted molar refractivity (Wildman–Crippen MR) is 95.3 cm³/mol. The Morgan fingerprint density at radius 1 is 1.12 bits per heavy atom. The zero-order valence-electron chi connectivity index (χ0n) is 14.6. The van der Waals surface area contributed by atoms with E-state index in [1.807, 2.05) is 18.3 Å². The molecule has 4 rings (SSSR count). The number of imidazole rings is 1. The van der Waals surface area contributed by atoms with E-state index in [0.717, 1.165) is 42.8 Å². The van der Waals surface area contributed by atoms with Crippen LogP contribution in [-0.4, -0.2) is 32.5 Å². The molecule has 1 aliphatic rings. The van der Waals surface area contributed by atoms with E-state index in [-0.39, 0.29) is 0 Å². The van der Waals surface area contributed by atoms with Gasteiger partial charge in [-0.15, -0.1) is 0 Å². The van der Waals surface area contributed by atoms with Crippen molar-refractivity contribution in [2.24, 2.45) is 5.92 Å². The summed E-state index contributed by atoms with van der Waals surface area (Å²) in [6, 6.07) is 7.71. The Bertz CT molecular complexity index is 901. The van der Waals surface area contributed by atoms with Crippen molar-refractivity contribution in [3.63, 3.8) is 0 Å². The minimum atomic E-state index is -0.535. The fraction of sp³-hybridized carbons (Fsp3) is 0.300. The quantitative estimate of drug-likeness (QED) is 0.701. The maximum atomic E-state index is 13.8. The van der Waals surface area contributed by atoms with Crippen LogP contribution in [0, 0.1) is 24.5 Å². The van der Waals surface area contributed by atoms with Crippen LogP contribution in [0.5, 0.6) is 0 Å². The molecule has 0 bridgehead atoms. The van der Waals surface area contributed by atoms with Crippen molar-refractivity contribution in [3.05, 3.63) is 71.8 Å². The summed E-state index contributed by atoms with van der Waals surface area (Å²) in [4.78, 5) is 10.8. The predicted octanol–water partition coefficient (Wildman–Crippen LogP) is 3.66. The maximum absolute atomic E-state index is 13.8. The molecule has 0 atom stereocenters. The van der Waals surface area contributed by atoms with E-state index in [4.69, 9.17) is 0 Å². The van der Waals surface area contributed by atoms with Crippen LogP contribution < -0.4 is 0 Å². The summed E-state index contributed by atoms with van der Waals surface area (Å²) in [5, 5.41) is 0. The molecule has 1 aliphatic heterocycles. The number of hydrogen-bond acceptors (Lipinski definition) is 3. The topological polar surface area (TPSA) is 34.0 Å². The molecule has 3 aromatic rings. The van der Waals surface area contributed by atoms with E-state index in [9.17, 15) is 8.78 Å². The number of benzene rings is 1. The van der Waals surface area contributed by atoms with Gasteiger partial charge in [-0.1, -0.05) is 6.07 Å². The highest BCUT2D eigenvalue weighted by Gasteiger charge is 2.28. The molecule has 0 amide bonds. The average Bonchev–Trinajstić information content (AvgIpc) is 2.96. The zero-order valence-corrected chi connectivity index (χ0v) is 14.6. The van der Waals surface area contributed by atoms with Gasteiger partial charge in [0.05, 0.1) is 0 Å². The first-order chi connectivity index (χ1) is 12.6. The van der Waals surface area contributed by atoms with Gasteiger partial charge in [-0.25, -0.2) is 13.8 Å². The van der Waals surface area contributed by atoms with Crippen molar-refractivity contribution < 1.29 is 8.78 Å². The van der Waals surface area contributed by atoms with E-state index in [1.54, 1.807) is 12.4 Å². The van der Waals surface area contributed by atoms with E-state index in [1.165, 1.54) is 12.1 Å². The van der Waals surface area contributed by atoms with Gasteiger partial charge in [0.2, 0.25) is 0 Å². The number of hydrogen-bond donors (Lipinski definition) is 0. The molecule has 0 aliphatic carbocycles. The smallest absolute Gasteiger partial charge is 0.140 e. The minimum absolute atomic E-state index is 0.473. The van der Waals surface area contributed by atoms with Gasteiger partial charge in [0.1, 0.15) is 17.5 Å². The third kappa shape index (κ3) is 3.37. The molecule has 134 valence electrons. The summed E-state index contributed by atoms with van der Waals surface area (Å²) in [5.74, 6) is 0.436. The SMILES string of the molecule is Cc1cnc(-c2ccncc2)n1CC1CN(Cc2ccc(F)cc2F)C1. The highest BCUT2D eigenvalue weighted by Crippen LogP contribution is 2.25. The highest BCUT2D eigenvalue weighted by atomic mass is 19.1. The van der Waals surface area contributed by atoms with Crippen molar-refractivity contribution in [1.29, 1.82) is 0 Å². The molecule has 0 N–H and O–H groups in total. The number of halogens is 2. The lowest BCUT2D eigenvalue weighted by molar-refractivity contribution is 0.0791. The third-order valence-corrected chi connectivity index (χ3v) is 4.88. The summed E-state index contributed by atoms with van der Waals surface area (Å²) < 4.78 is 29.0. The summed E-state index contributed by atoms with van der Waals surface area (Å²) >= 11 is 0. The normalized spacial score (nSPS) is 15.2. The van der Waals surface area contributed by atoms with Crippen molar-refractivity contribution in [1.82, 2.24) is 19.4 Å². The van der Waals surface area contributed by atoms with Crippen molar-refractivity contribution in [2.75, 3.05) is 13.1 Å². The highest BCUT2D eigenvalue weighted by molar-refractivity contribution is 5.55. The Balaban J connectivity index is 1.40. The summed E-state index contributed by atoms with van der Waals surface area (Å²) in [7, 11) is 0. The number of aryl methyl sites for hydroxylation is 1. The lowest BCUT2D eigenvalue weighted by Gasteiger charge is -2.40. The summed E-state index contributed by atoms with van der Waals surface area (Å²) in [5.41, 5.74) is 2.72. The van der Waals surface area contributed by atoms with Crippen LogP contribution in [0.15, 0.2) is 48.9 Å². The third-order valence-electron chi connectivity index (χ3n) is 4.88. The Kier molecular flexibility index (Phi) is 4.51. The van der Waals surface area contributed by atoms with Crippen LogP contribution >= 0.6 is 0 Å². The molecule has 0 spiro atoms. The molecule has 0 radical (unpaired) electrons. The Hall–Kier alpha value is -2.60. The van der Waals surface area contributed by atoms with Gasteiger partial charge >= 0.3 is 0 Å². The monoisotopic (exact) mass is 354 g/mol. The second-order valence-corrected chi connectivity index (χ2v) is 6.87. The Morgan fingerprint density at radius 2 is 1.88 bits per heavy atom. The van der Waals surface area contributed by atoms with Crippen molar-refractivity contribution in [3.8, 4) is 11.4 Å². The molecule has 0 unspecified atom stereocenters. The number of nitrogens with zero attached hydrogens (tertiary/aromatic N) is 4. The lowest BCUT2D eigenvalue weighted by Crippen LogP contribution is -2.47. The summed E-state index contributed by atoms with van der Waals surface area (Å²) in [6.45, 7) is 5.24. The molecular formula is C20H20F2N4. The number of likely N-dealkylation sites (tertiary alicyclic amines) is 1. The molecule has 0 saturated carbocycles. The molecular weight excluding hydrogens is 334 g/mol. The number of aromatic nitrogens is 3. The first kappa shape index (κ1) is 16.8. The maximum Gasteiger partial charge on any atom is 0.140 e. The van der Waals surface area contributed by atoms with Gasteiger partial charge in [-0.05, 0) is 25.1 Å². The second-order valence-electron chi connectivity index (χ2n) is 6.87. The van der Waals surface area contributed by atoms with Crippen LogP contribution in [-0.2, 0) is 13.1 Å². The van der Waals surface area contributed by atoms with Crippen LogP contribution in [0.25, 0.3) is 11.4 Å². The molecule has 1 saturated heterocycles. The zero-order chi connectivity index (χ0) is 18.1. The van der Waals surface area contributed by atoms with Gasteiger partial charge in [-0.3, -0.25) is 9.88 Å². The van der Waals surface area contributed by atoms with E-state index >= 15 is 0 Å². The van der Waals surface area contributed by atoms with Gasteiger partial charge in [0.25, 0.3) is 0 Å². The molecule has 1 aromatic carbocycles. The largest absolute Gasteiger partial charge is 0.328 e. The van der Waals surface area contributed by atoms with Gasteiger partial charge in [-0.2, -0.15) is 0 Å². The number of rotatable bonds is 5. The molecule has 4 nitrogen and oxygen atoms in total. The fourth-order valence-corrected chi connectivity index (χ4v) is 3.49. The number of pyridine rings is 1. The van der Waals surface area contributed by atoms with E-state index in [2.05, 4.69) is 26.4 Å². The first-order valence-corrected chi connectivity index (χ1v) is 8.69. The second kappa shape index (κ2) is 6.96. The Labute approximate surface area is 151 Å². The first-order valence-electron chi connectivity index (χ1n) is 8.69. The van der Waals surface area contributed by atoms with Crippen LogP contribution in [0.3, 0.4) is 0 Å². The molecule has 2 aromatic heterocycles. The lowest BCUT2D eigenvalue weighted by atomic mass is 9.98. The minimum Gasteiger partial charge on any atom is -0.328 e. The van der Waals surface area contributed by atoms with Crippen LogP contribution in [0.2, 0.25) is 0 Å². The summed E-state index contributed by atoms with van der Waals surface area (Å²) in [6.07, 6.45) is 5.43. The molecule has 6 heteroatoms. The van der Waals surface area contributed by atoms with Gasteiger partial charge in [0, 0.05) is 73.6 Å². The van der Waals surface area contributed by atoms with Gasteiger partial charge < -0.3 is 4.57 Å². The van der Waals surface area contributed by atoms with Crippen LogP contribution in [0.4, 0.5) is 8.78 Å². The average molecular weight is 354 g/mol. The molecule has 26 heavy (non-hydrogen) atoms. The molecule has 1 fully saturated rings. The molecule has 3 heterocycles. The van der Waals surface area contributed by atoms with Crippen LogP contribution in [0.1, 0.15) is 11.3 Å². The Morgan fingerprint density at radius 3 is 2.62 bits per heavy atom.